The van der Waals surface area contributed by atoms with Crippen LogP contribution in [0.4, 0.5) is 0 Å². The Bertz CT molecular complexity index is 341. The van der Waals surface area contributed by atoms with E-state index in [4.69, 9.17) is 15.6 Å². The molecule has 0 aromatic heterocycles. The summed E-state index contributed by atoms with van der Waals surface area (Å²) in [6, 6.07) is -0.772. The lowest BCUT2D eigenvalue weighted by Crippen LogP contribution is -2.56. The number of carbonyl (C=O) groups excluding carboxylic acids is 1. The maximum absolute atomic E-state index is 11.8. The minimum atomic E-state index is -0.943. The summed E-state index contributed by atoms with van der Waals surface area (Å²) < 4.78 is 5.31. The molecule has 0 spiro atoms. The minimum Gasteiger partial charge on any atom is -0.481 e. The predicted molar refractivity (Wildman–Crippen MR) is 74.3 cm³/mol. The summed E-state index contributed by atoms with van der Waals surface area (Å²) in [5, 5.41) is 11.4. The van der Waals surface area contributed by atoms with Crippen molar-refractivity contribution in [2.24, 2.45) is 5.73 Å². The van der Waals surface area contributed by atoms with E-state index in [1.807, 2.05) is 0 Å². The van der Waals surface area contributed by atoms with Gasteiger partial charge in [-0.15, -0.1) is 0 Å². The molecule has 4 N–H and O–H groups in total. The first-order chi connectivity index (χ1) is 9.33. The molecule has 1 heterocycles. The number of nitrogens with two attached hydrogens (primary N) is 1. The Morgan fingerprint density at radius 1 is 1.40 bits per heavy atom. The number of nitrogens with one attached hydrogen (secondary N) is 1. The molecule has 1 rings (SSSR count). The summed E-state index contributed by atoms with van der Waals surface area (Å²) >= 11 is 0. The second kappa shape index (κ2) is 7.56. The second-order valence-corrected chi connectivity index (χ2v) is 5.67. The van der Waals surface area contributed by atoms with Crippen LogP contribution in [0, 0.1) is 0 Å². The number of rotatable bonds is 7. The summed E-state index contributed by atoms with van der Waals surface area (Å²) in [6.07, 6.45) is 0.0561. The lowest BCUT2D eigenvalue weighted by Gasteiger charge is -2.41. The van der Waals surface area contributed by atoms with Crippen LogP contribution in [0.1, 0.15) is 26.7 Å². The van der Waals surface area contributed by atoms with E-state index in [1.54, 1.807) is 0 Å². The van der Waals surface area contributed by atoms with E-state index in [0.29, 0.717) is 19.8 Å². The maximum atomic E-state index is 11.8. The van der Waals surface area contributed by atoms with E-state index in [9.17, 15) is 9.59 Å². The number of carboxylic acid groups (broad SMARTS) is 1. The van der Waals surface area contributed by atoms with Crippen molar-refractivity contribution in [2.75, 3.05) is 32.8 Å². The Morgan fingerprint density at radius 3 is 2.55 bits per heavy atom. The third kappa shape index (κ3) is 5.44. The van der Waals surface area contributed by atoms with Crippen molar-refractivity contribution >= 4 is 11.9 Å². The predicted octanol–water partition coefficient (Wildman–Crippen LogP) is -0.594. The Balaban J connectivity index is 2.36. The van der Waals surface area contributed by atoms with Gasteiger partial charge in [0.05, 0.1) is 19.3 Å². The van der Waals surface area contributed by atoms with E-state index >= 15 is 0 Å². The number of morpholine rings is 1. The molecule has 20 heavy (non-hydrogen) atoms. The van der Waals surface area contributed by atoms with Crippen molar-refractivity contribution in [1.29, 1.82) is 0 Å². The van der Waals surface area contributed by atoms with Crippen LogP contribution in [0.25, 0.3) is 0 Å². The smallest absolute Gasteiger partial charge is 0.303 e. The molecule has 0 aromatic rings. The van der Waals surface area contributed by atoms with E-state index in [1.165, 1.54) is 0 Å². The van der Waals surface area contributed by atoms with Gasteiger partial charge in [-0.25, -0.2) is 0 Å². The number of nitrogens with zero attached hydrogens (tertiary/aromatic N) is 1. The van der Waals surface area contributed by atoms with Crippen molar-refractivity contribution in [3.8, 4) is 0 Å². The highest BCUT2D eigenvalue weighted by Crippen LogP contribution is 2.15. The van der Waals surface area contributed by atoms with Gasteiger partial charge in [0.15, 0.2) is 0 Å². The van der Waals surface area contributed by atoms with Crippen LogP contribution < -0.4 is 11.1 Å². The van der Waals surface area contributed by atoms with Crippen molar-refractivity contribution in [1.82, 2.24) is 10.2 Å². The molecule has 1 aliphatic heterocycles. The average Bonchev–Trinajstić information content (AvgIpc) is 2.43. The van der Waals surface area contributed by atoms with Crippen LogP contribution in [0.2, 0.25) is 0 Å². The molecule has 0 aliphatic carbocycles. The summed E-state index contributed by atoms with van der Waals surface area (Å²) in [6.45, 7) is 7.68. The fourth-order valence-corrected chi connectivity index (χ4v) is 2.13. The quantitative estimate of drug-likeness (QED) is 0.578. The van der Waals surface area contributed by atoms with Gasteiger partial charge < -0.3 is 20.9 Å². The van der Waals surface area contributed by atoms with Crippen LogP contribution in [0.5, 0.6) is 0 Å². The van der Waals surface area contributed by atoms with Crippen molar-refractivity contribution in [3.63, 3.8) is 0 Å². The van der Waals surface area contributed by atoms with Gasteiger partial charge in [0.25, 0.3) is 0 Å². The highest BCUT2D eigenvalue weighted by Gasteiger charge is 2.29. The van der Waals surface area contributed by atoms with Crippen LogP contribution >= 0.6 is 0 Å². The van der Waals surface area contributed by atoms with Crippen molar-refractivity contribution < 1.29 is 19.4 Å². The first-order valence-electron chi connectivity index (χ1n) is 6.91. The normalized spacial score (nSPS) is 18.6. The summed E-state index contributed by atoms with van der Waals surface area (Å²) in [5.74, 6) is -1.24. The zero-order valence-electron chi connectivity index (χ0n) is 12.2. The number of hydrogen-bond acceptors (Lipinski definition) is 5. The minimum absolute atomic E-state index is 0.0958. The molecule has 0 radical (unpaired) electrons. The number of ether oxygens (including phenoxy) is 1. The highest BCUT2D eigenvalue weighted by molar-refractivity contribution is 5.82. The third-order valence-electron chi connectivity index (χ3n) is 3.57. The SMILES string of the molecule is CC(C)(CNC(=O)C(N)CCC(=O)O)N1CCOCC1. The van der Waals surface area contributed by atoms with Gasteiger partial charge in [-0.1, -0.05) is 0 Å². The number of amides is 1. The van der Waals surface area contributed by atoms with Gasteiger partial charge in [0.1, 0.15) is 0 Å². The number of aliphatic carboxylic acids is 1. The number of carboxylic acids is 1. The van der Waals surface area contributed by atoms with Crippen LogP contribution in [-0.2, 0) is 14.3 Å². The molecule has 1 amide bonds. The highest BCUT2D eigenvalue weighted by atomic mass is 16.5. The summed E-state index contributed by atoms with van der Waals surface area (Å²) in [7, 11) is 0. The zero-order valence-corrected chi connectivity index (χ0v) is 12.2. The Kier molecular flexibility index (Phi) is 6.38. The molecule has 1 unspecified atom stereocenters. The molecule has 1 fully saturated rings. The van der Waals surface area contributed by atoms with Gasteiger partial charge >= 0.3 is 5.97 Å². The van der Waals surface area contributed by atoms with Gasteiger partial charge in [0, 0.05) is 31.6 Å². The van der Waals surface area contributed by atoms with Crippen LogP contribution in [0.3, 0.4) is 0 Å². The molecule has 7 nitrogen and oxygen atoms in total. The van der Waals surface area contributed by atoms with E-state index in [-0.39, 0.29) is 24.3 Å². The molecule has 7 heteroatoms. The van der Waals surface area contributed by atoms with Crippen molar-refractivity contribution in [2.45, 2.75) is 38.3 Å². The van der Waals surface area contributed by atoms with E-state index < -0.39 is 12.0 Å². The Labute approximate surface area is 119 Å². The van der Waals surface area contributed by atoms with E-state index in [0.717, 1.165) is 13.1 Å². The van der Waals surface area contributed by atoms with Crippen molar-refractivity contribution in [3.05, 3.63) is 0 Å². The van der Waals surface area contributed by atoms with Gasteiger partial charge in [-0.05, 0) is 20.3 Å². The zero-order chi connectivity index (χ0) is 15.2. The summed E-state index contributed by atoms with van der Waals surface area (Å²) in [4.78, 5) is 24.5. The monoisotopic (exact) mass is 287 g/mol. The topological polar surface area (TPSA) is 105 Å². The second-order valence-electron chi connectivity index (χ2n) is 5.67. The molecule has 0 aromatic carbocycles. The van der Waals surface area contributed by atoms with Gasteiger partial charge in [-0.2, -0.15) is 0 Å². The summed E-state index contributed by atoms with van der Waals surface area (Å²) in [5.41, 5.74) is 5.49. The molecule has 0 bridgehead atoms. The van der Waals surface area contributed by atoms with E-state index in [2.05, 4.69) is 24.1 Å². The Morgan fingerprint density at radius 2 is 2.00 bits per heavy atom. The first-order valence-corrected chi connectivity index (χ1v) is 6.91. The fraction of sp³-hybridized carbons (Fsp3) is 0.846. The average molecular weight is 287 g/mol. The Hall–Kier alpha value is -1.18. The number of hydrogen-bond donors (Lipinski definition) is 3. The van der Waals surface area contributed by atoms with Gasteiger partial charge in [-0.3, -0.25) is 14.5 Å². The molecule has 0 saturated carbocycles. The molecule has 1 saturated heterocycles. The molecular formula is C13H25N3O4. The molecular weight excluding hydrogens is 262 g/mol. The van der Waals surface area contributed by atoms with Gasteiger partial charge in [0.2, 0.25) is 5.91 Å². The maximum Gasteiger partial charge on any atom is 0.303 e. The fourth-order valence-electron chi connectivity index (χ4n) is 2.13. The lowest BCUT2D eigenvalue weighted by atomic mass is 10.0. The lowest BCUT2D eigenvalue weighted by molar-refractivity contribution is -0.137. The molecule has 1 aliphatic rings. The largest absolute Gasteiger partial charge is 0.481 e. The number of carbonyl (C=O) groups is 2. The molecule has 116 valence electrons. The standard InChI is InChI=1S/C13H25N3O4/c1-13(2,16-5-7-20-8-6-16)9-15-12(19)10(14)3-4-11(17)18/h10H,3-9,14H2,1-2H3,(H,15,19)(H,17,18). The third-order valence-corrected chi connectivity index (χ3v) is 3.57. The first kappa shape index (κ1) is 16.9. The van der Waals surface area contributed by atoms with Crippen LogP contribution in [-0.4, -0.2) is 66.3 Å². The van der Waals surface area contributed by atoms with Crippen LogP contribution in [0.15, 0.2) is 0 Å². The molecule has 1 atom stereocenters.